The highest BCUT2D eigenvalue weighted by molar-refractivity contribution is 5.85. The highest BCUT2D eigenvalue weighted by Crippen LogP contribution is 2.35. The van der Waals surface area contributed by atoms with E-state index < -0.39 is 0 Å². The molecule has 6 nitrogen and oxygen atoms in total. The molecule has 0 aromatic heterocycles. The molecule has 0 aliphatic carbocycles. The van der Waals surface area contributed by atoms with E-state index in [1.54, 1.807) is 13.2 Å². The Morgan fingerprint density at radius 2 is 1.77 bits per heavy atom. The predicted octanol–water partition coefficient (Wildman–Crippen LogP) is 2.09. The summed E-state index contributed by atoms with van der Waals surface area (Å²) in [7, 11) is 3.02. The van der Waals surface area contributed by atoms with Gasteiger partial charge in [-0.3, -0.25) is 4.79 Å². The summed E-state index contributed by atoms with van der Waals surface area (Å²) in [6, 6.07) is 3.59. The summed E-state index contributed by atoms with van der Waals surface area (Å²) in [4.78, 5) is 13.7. The maximum absolute atomic E-state index is 11.5. The summed E-state index contributed by atoms with van der Waals surface area (Å²) in [5.74, 6) is 0.519. The number of benzene rings is 1. The number of piperidine rings is 1. The largest absolute Gasteiger partial charge is 0.497 e. The van der Waals surface area contributed by atoms with Gasteiger partial charge in [0.05, 0.1) is 37.2 Å². The standard InChI is InChI=1S/C14H21N3O3.2ClH/c1-19-10-7-11(15)13(16)12(8-10)17-5-3-9(4-6-17)14(18)20-2;;/h7-9H,3-6,15-16H2,1-2H3;2*1H. The van der Waals surface area contributed by atoms with E-state index in [4.69, 9.17) is 20.9 Å². The number of ether oxygens (including phenoxy) is 2. The van der Waals surface area contributed by atoms with Crippen molar-refractivity contribution in [3.8, 4) is 5.75 Å². The van der Waals surface area contributed by atoms with E-state index in [0.29, 0.717) is 17.1 Å². The second-order valence-electron chi connectivity index (χ2n) is 4.93. The van der Waals surface area contributed by atoms with E-state index in [-0.39, 0.29) is 36.7 Å². The molecule has 0 spiro atoms. The molecule has 126 valence electrons. The summed E-state index contributed by atoms with van der Waals surface area (Å²) in [5, 5.41) is 0. The van der Waals surface area contributed by atoms with Crippen LogP contribution in [0.4, 0.5) is 17.1 Å². The Morgan fingerprint density at radius 1 is 1.18 bits per heavy atom. The molecule has 0 amide bonds. The first kappa shape index (κ1) is 20.5. The zero-order valence-corrected chi connectivity index (χ0v) is 14.3. The van der Waals surface area contributed by atoms with Gasteiger partial charge >= 0.3 is 5.97 Å². The molecule has 1 aromatic rings. The first-order chi connectivity index (χ1) is 9.56. The van der Waals surface area contributed by atoms with Crippen LogP contribution in [0.1, 0.15) is 12.8 Å². The van der Waals surface area contributed by atoms with Crippen LogP contribution in [-0.4, -0.2) is 33.3 Å². The van der Waals surface area contributed by atoms with E-state index in [2.05, 4.69) is 4.90 Å². The summed E-state index contributed by atoms with van der Waals surface area (Å²) in [6.07, 6.45) is 1.51. The van der Waals surface area contributed by atoms with E-state index >= 15 is 0 Å². The van der Waals surface area contributed by atoms with Gasteiger partial charge in [0.2, 0.25) is 0 Å². The SMILES string of the molecule is COC(=O)C1CCN(c2cc(OC)cc(N)c2N)CC1.Cl.Cl. The third-order valence-corrected chi connectivity index (χ3v) is 3.77. The number of carbonyl (C=O) groups is 1. The number of esters is 1. The molecule has 1 aromatic carbocycles. The van der Waals surface area contributed by atoms with Gasteiger partial charge in [0, 0.05) is 25.2 Å². The Labute approximate surface area is 142 Å². The van der Waals surface area contributed by atoms with Crippen LogP contribution in [0.15, 0.2) is 12.1 Å². The highest BCUT2D eigenvalue weighted by Gasteiger charge is 2.27. The van der Waals surface area contributed by atoms with Crippen molar-refractivity contribution in [2.45, 2.75) is 12.8 Å². The number of nitrogens with zero attached hydrogens (tertiary/aromatic N) is 1. The summed E-state index contributed by atoms with van der Waals surface area (Å²) >= 11 is 0. The lowest BCUT2D eigenvalue weighted by Crippen LogP contribution is -2.37. The minimum atomic E-state index is -0.136. The molecule has 4 N–H and O–H groups in total. The molecular formula is C14H23Cl2N3O3. The second kappa shape index (κ2) is 8.80. The van der Waals surface area contributed by atoms with Crippen LogP contribution in [0.2, 0.25) is 0 Å². The lowest BCUT2D eigenvalue weighted by molar-refractivity contribution is -0.146. The molecule has 0 unspecified atom stereocenters. The zero-order chi connectivity index (χ0) is 14.7. The fourth-order valence-electron chi connectivity index (χ4n) is 2.54. The smallest absolute Gasteiger partial charge is 0.308 e. The molecule has 0 atom stereocenters. The van der Waals surface area contributed by atoms with Crippen molar-refractivity contribution >= 4 is 47.8 Å². The quantitative estimate of drug-likeness (QED) is 0.639. The van der Waals surface area contributed by atoms with Crippen molar-refractivity contribution in [2.75, 3.05) is 43.7 Å². The van der Waals surface area contributed by atoms with Gasteiger partial charge < -0.3 is 25.8 Å². The third kappa shape index (κ3) is 4.24. The minimum Gasteiger partial charge on any atom is -0.497 e. The molecule has 0 bridgehead atoms. The number of methoxy groups -OCH3 is 2. The van der Waals surface area contributed by atoms with Gasteiger partial charge in [0.15, 0.2) is 0 Å². The molecule has 0 radical (unpaired) electrons. The maximum Gasteiger partial charge on any atom is 0.308 e. The molecule has 8 heteroatoms. The van der Waals surface area contributed by atoms with E-state index in [1.807, 2.05) is 6.07 Å². The van der Waals surface area contributed by atoms with Gasteiger partial charge in [0.25, 0.3) is 0 Å². The summed E-state index contributed by atoms with van der Waals surface area (Å²) in [5.41, 5.74) is 13.9. The lowest BCUT2D eigenvalue weighted by atomic mass is 9.96. The molecule has 0 saturated carbocycles. The van der Waals surface area contributed by atoms with Gasteiger partial charge in [-0.15, -0.1) is 24.8 Å². The number of hydrogen-bond donors (Lipinski definition) is 2. The topological polar surface area (TPSA) is 90.8 Å². The summed E-state index contributed by atoms with van der Waals surface area (Å²) < 4.78 is 10.0. The van der Waals surface area contributed by atoms with Crippen LogP contribution in [0, 0.1) is 5.92 Å². The Balaban J connectivity index is 0.00000220. The number of rotatable bonds is 3. The van der Waals surface area contributed by atoms with Crippen LogP contribution in [0.5, 0.6) is 5.75 Å². The fraction of sp³-hybridized carbons (Fsp3) is 0.500. The van der Waals surface area contributed by atoms with Gasteiger partial charge in [-0.05, 0) is 12.8 Å². The monoisotopic (exact) mass is 351 g/mol. The lowest BCUT2D eigenvalue weighted by Gasteiger charge is -2.33. The first-order valence-corrected chi connectivity index (χ1v) is 6.62. The Bertz CT molecular complexity index is 506. The van der Waals surface area contributed by atoms with Gasteiger partial charge in [0.1, 0.15) is 5.75 Å². The van der Waals surface area contributed by atoms with E-state index in [0.717, 1.165) is 31.6 Å². The average molecular weight is 352 g/mol. The molecular weight excluding hydrogens is 329 g/mol. The van der Waals surface area contributed by atoms with Crippen molar-refractivity contribution in [3.05, 3.63) is 12.1 Å². The second-order valence-corrected chi connectivity index (χ2v) is 4.93. The van der Waals surface area contributed by atoms with Gasteiger partial charge in [-0.2, -0.15) is 0 Å². The maximum atomic E-state index is 11.5. The predicted molar refractivity (Wildman–Crippen MR) is 93.3 cm³/mol. The Kier molecular flexibility index (Phi) is 8.19. The molecule has 22 heavy (non-hydrogen) atoms. The molecule has 1 fully saturated rings. The van der Waals surface area contributed by atoms with Crippen molar-refractivity contribution in [3.63, 3.8) is 0 Å². The number of nitrogen functional groups attached to an aromatic ring is 2. The summed E-state index contributed by atoms with van der Waals surface area (Å²) in [6.45, 7) is 1.49. The zero-order valence-electron chi connectivity index (χ0n) is 12.7. The van der Waals surface area contributed by atoms with Gasteiger partial charge in [-0.25, -0.2) is 0 Å². The Hall–Kier alpha value is -1.53. The van der Waals surface area contributed by atoms with Gasteiger partial charge in [-0.1, -0.05) is 0 Å². The highest BCUT2D eigenvalue weighted by atomic mass is 35.5. The molecule has 2 rings (SSSR count). The van der Waals surface area contributed by atoms with Crippen molar-refractivity contribution in [2.24, 2.45) is 5.92 Å². The molecule has 1 saturated heterocycles. The first-order valence-electron chi connectivity index (χ1n) is 6.62. The fourth-order valence-corrected chi connectivity index (χ4v) is 2.54. The number of nitrogens with two attached hydrogens (primary N) is 2. The van der Waals surface area contributed by atoms with Crippen LogP contribution in [0.25, 0.3) is 0 Å². The van der Waals surface area contributed by atoms with Crippen molar-refractivity contribution in [1.29, 1.82) is 0 Å². The normalized spacial score (nSPS) is 14.5. The van der Waals surface area contributed by atoms with Crippen molar-refractivity contribution < 1.29 is 14.3 Å². The van der Waals surface area contributed by atoms with Crippen LogP contribution >= 0.6 is 24.8 Å². The number of carbonyl (C=O) groups excluding carboxylic acids is 1. The number of anilines is 3. The molecule has 1 aliphatic heterocycles. The van der Waals surface area contributed by atoms with Crippen molar-refractivity contribution in [1.82, 2.24) is 0 Å². The Morgan fingerprint density at radius 3 is 2.27 bits per heavy atom. The molecule has 1 aliphatic rings. The average Bonchev–Trinajstić information content (AvgIpc) is 2.49. The van der Waals surface area contributed by atoms with E-state index in [1.165, 1.54) is 7.11 Å². The number of hydrogen-bond acceptors (Lipinski definition) is 6. The van der Waals surface area contributed by atoms with Crippen LogP contribution in [-0.2, 0) is 9.53 Å². The van der Waals surface area contributed by atoms with E-state index in [9.17, 15) is 4.79 Å². The number of halogens is 2. The molecule has 1 heterocycles. The third-order valence-electron chi connectivity index (χ3n) is 3.77. The van der Waals surface area contributed by atoms with Crippen LogP contribution in [0.3, 0.4) is 0 Å². The minimum absolute atomic E-state index is 0. The van der Waals surface area contributed by atoms with Crippen LogP contribution < -0.4 is 21.1 Å².